The Morgan fingerprint density at radius 2 is 2.00 bits per heavy atom. The molecule has 0 amide bonds. The van der Waals surface area contributed by atoms with Crippen LogP contribution in [0.3, 0.4) is 0 Å². The Morgan fingerprint density at radius 3 is 2.62 bits per heavy atom. The molecule has 1 heterocycles. The van der Waals surface area contributed by atoms with Crippen molar-refractivity contribution < 1.29 is 23.8 Å². The fourth-order valence-electron chi connectivity index (χ4n) is 1.55. The van der Waals surface area contributed by atoms with Crippen LogP contribution in [0.2, 0.25) is 0 Å². The average molecular weight is 294 g/mol. The molecule has 0 unspecified atom stereocenters. The van der Waals surface area contributed by atoms with Gasteiger partial charge in [0.25, 0.3) is 5.56 Å². The number of hydrogen-bond donors (Lipinski definition) is 2. The van der Waals surface area contributed by atoms with Gasteiger partial charge in [0.15, 0.2) is 5.82 Å². The first-order valence-electron chi connectivity index (χ1n) is 5.58. The highest BCUT2D eigenvalue weighted by atomic mass is 19.1. The maximum absolute atomic E-state index is 13.6. The highest BCUT2D eigenvalue weighted by molar-refractivity contribution is 5.85. The molecule has 0 saturated heterocycles. The minimum Gasteiger partial charge on any atom is -0.505 e. The van der Waals surface area contributed by atoms with Gasteiger partial charge >= 0.3 is 5.97 Å². The number of hydrogen-bond acceptors (Lipinski definition) is 4. The van der Waals surface area contributed by atoms with Crippen molar-refractivity contribution in [2.24, 2.45) is 0 Å². The van der Waals surface area contributed by atoms with Crippen molar-refractivity contribution in [2.45, 2.75) is 0 Å². The van der Waals surface area contributed by atoms with Crippen LogP contribution in [0.25, 0.3) is 11.8 Å². The van der Waals surface area contributed by atoms with Crippen LogP contribution in [-0.4, -0.2) is 26.0 Å². The van der Waals surface area contributed by atoms with Gasteiger partial charge in [0, 0.05) is 18.2 Å². The van der Waals surface area contributed by atoms with E-state index >= 15 is 0 Å². The molecule has 2 rings (SSSR count). The van der Waals surface area contributed by atoms with E-state index in [2.05, 4.69) is 5.10 Å². The van der Waals surface area contributed by atoms with E-state index in [0.717, 1.165) is 24.3 Å². The summed E-state index contributed by atoms with van der Waals surface area (Å²) in [5.74, 6) is -3.70. The molecule has 1 aromatic heterocycles. The van der Waals surface area contributed by atoms with Gasteiger partial charge in [0.05, 0.1) is 0 Å². The lowest BCUT2D eigenvalue weighted by Crippen LogP contribution is -2.22. The first kappa shape index (κ1) is 14.4. The van der Waals surface area contributed by atoms with Gasteiger partial charge in [-0.05, 0) is 18.2 Å². The van der Waals surface area contributed by atoms with Crippen LogP contribution in [0.4, 0.5) is 8.78 Å². The van der Waals surface area contributed by atoms with Crippen LogP contribution in [-0.2, 0) is 4.79 Å². The van der Waals surface area contributed by atoms with Crippen molar-refractivity contribution in [1.82, 2.24) is 9.78 Å². The number of nitrogens with zero attached hydrogens (tertiary/aromatic N) is 2. The summed E-state index contributed by atoms with van der Waals surface area (Å²) in [6.07, 6.45) is 1.63. The van der Waals surface area contributed by atoms with Gasteiger partial charge in [-0.2, -0.15) is 9.78 Å². The van der Waals surface area contributed by atoms with Gasteiger partial charge in [-0.25, -0.2) is 13.6 Å². The third-order valence-corrected chi connectivity index (χ3v) is 2.46. The molecule has 21 heavy (non-hydrogen) atoms. The fourth-order valence-corrected chi connectivity index (χ4v) is 1.55. The Bertz CT molecular complexity index is 799. The number of carboxylic acids is 1. The number of aromatic hydroxyl groups is 1. The fraction of sp³-hybridized carbons (Fsp3) is 0. The summed E-state index contributed by atoms with van der Waals surface area (Å²) in [4.78, 5) is 22.1. The summed E-state index contributed by atoms with van der Waals surface area (Å²) < 4.78 is 27.1. The first-order chi connectivity index (χ1) is 9.88. The number of aliphatic carboxylic acids is 1. The van der Waals surface area contributed by atoms with Crippen LogP contribution >= 0.6 is 0 Å². The summed E-state index contributed by atoms with van der Waals surface area (Å²) in [5.41, 5.74) is -1.43. The van der Waals surface area contributed by atoms with E-state index in [9.17, 15) is 23.5 Å². The highest BCUT2D eigenvalue weighted by Gasteiger charge is 2.12. The average Bonchev–Trinajstić information content (AvgIpc) is 2.38. The lowest BCUT2D eigenvalue weighted by molar-refractivity contribution is -0.131. The molecule has 0 atom stereocenters. The highest BCUT2D eigenvalue weighted by Crippen LogP contribution is 2.16. The maximum Gasteiger partial charge on any atom is 0.328 e. The molecule has 2 N–H and O–H groups in total. The van der Waals surface area contributed by atoms with Crippen molar-refractivity contribution in [3.8, 4) is 11.4 Å². The number of carbonyl (C=O) groups is 1. The zero-order valence-corrected chi connectivity index (χ0v) is 10.3. The lowest BCUT2D eigenvalue weighted by atomic mass is 10.3. The summed E-state index contributed by atoms with van der Waals surface area (Å²) in [5, 5.41) is 21.7. The SMILES string of the molecule is O=C(O)/C=C/c1nn(-c2ccc(F)cc2F)c(=O)cc1O. The molecule has 0 saturated carbocycles. The largest absolute Gasteiger partial charge is 0.505 e. The molecule has 0 spiro atoms. The predicted octanol–water partition coefficient (Wildman–Crippen LogP) is 1.31. The third-order valence-electron chi connectivity index (χ3n) is 2.46. The van der Waals surface area contributed by atoms with Crippen molar-refractivity contribution in [3.63, 3.8) is 0 Å². The molecule has 0 aliphatic heterocycles. The number of benzene rings is 1. The molecular weight excluding hydrogens is 286 g/mol. The second-order valence-electron chi connectivity index (χ2n) is 3.93. The van der Waals surface area contributed by atoms with Crippen LogP contribution in [0, 0.1) is 11.6 Å². The minimum atomic E-state index is -1.29. The van der Waals surface area contributed by atoms with Crippen LogP contribution in [0.15, 0.2) is 35.1 Å². The van der Waals surface area contributed by atoms with Crippen LogP contribution in [0.1, 0.15) is 5.69 Å². The van der Waals surface area contributed by atoms with E-state index in [4.69, 9.17) is 5.11 Å². The van der Waals surface area contributed by atoms with Crippen molar-refractivity contribution in [2.75, 3.05) is 0 Å². The Morgan fingerprint density at radius 1 is 1.29 bits per heavy atom. The van der Waals surface area contributed by atoms with Gasteiger partial charge in [0.1, 0.15) is 22.9 Å². The topological polar surface area (TPSA) is 92.4 Å². The summed E-state index contributed by atoms with van der Waals surface area (Å²) in [6.45, 7) is 0. The van der Waals surface area contributed by atoms with Crippen LogP contribution < -0.4 is 5.56 Å². The second-order valence-corrected chi connectivity index (χ2v) is 3.93. The lowest BCUT2D eigenvalue weighted by Gasteiger charge is -2.07. The van der Waals surface area contributed by atoms with Crippen LogP contribution in [0.5, 0.6) is 5.75 Å². The molecule has 2 aromatic rings. The number of carboxylic acid groups (broad SMARTS) is 1. The van der Waals surface area contributed by atoms with Gasteiger partial charge < -0.3 is 10.2 Å². The van der Waals surface area contributed by atoms with Gasteiger partial charge in [-0.3, -0.25) is 4.79 Å². The molecule has 108 valence electrons. The molecule has 0 aliphatic carbocycles. The summed E-state index contributed by atoms with van der Waals surface area (Å²) >= 11 is 0. The monoisotopic (exact) mass is 294 g/mol. The zero-order valence-electron chi connectivity index (χ0n) is 10.3. The van der Waals surface area contributed by atoms with E-state index in [1.54, 1.807) is 0 Å². The molecule has 1 aromatic carbocycles. The van der Waals surface area contributed by atoms with E-state index < -0.39 is 28.9 Å². The predicted molar refractivity (Wildman–Crippen MR) is 68.1 cm³/mol. The molecule has 0 aliphatic rings. The van der Waals surface area contributed by atoms with Crippen molar-refractivity contribution >= 4 is 12.0 Å². The van der Waals surface area contributed by atoms with Gasteiger partial charge in [0.2, 0.25) is 0 Å². The van der Waals surface area contributed by atoms with Crippen molar-refractivity contribution in [1.29, 1.82) is 0 Å². The van der Waals surface area contributed by atoms with E-state index in [-0.39, 0.29) is 11.4 Å². The van der Waals surface area contributed by atoms with E-state index in [1.165, 1.54) is 0 Å². The first-order valence-corrected chi connectivity index (χ1v) is 5.58. The second kappa shape index (κ2) is 5.53. The summed E-state index contributed by atoms with van der Waals surface area (Å²) in [7, 11) is 0. The molecule has 0 bridgehead atoms. The number of aromatic nitrogens is 2. The Balaban J connectivity index is 2.61. The van der Waals surface area contributed by atoms with Gasteiger partial charge in [-0.15, -0.1) is 0 Å². The standard InChI is InChI=1S/C13H8F2N2O4/c14-7-1-3-10(8(15)5-7)17-12(19)6-11(18)9(16-17)2-4-13(20)21/h1-6,18H,(H,20,21)/b4-2+. The normalized spacial score (nSPS) is 11.0. The maximum atomic E-state index is 13.6. The molecular formula is C13H8F2N2O4. The zero-order chi connectivity index (χ0) is 15.6. The quantitative estimate of drug-likeness (QED) is 0.833. The molecule has 0 fully saturated rings. The van der Waals surface area contributed by atoms with E-state index in [1.807, 2.05) is 0 Å². The number of halogens is 2. The summed E-state index contributed by atoms with van der Waals surface area (Å²) in [6, 6.07) is 3.26. The van der Waals surface area contributed by atoms with E-state index in [0.29, 0.717) is 16.8 Å². The molecule has 6 nitrogen and oxygen atoms in total. The smallest absolute Gasteiger partial charge is 0.328 e. The Hall–Kier alpha value is -3.03. The Labute approximate surface area is 116 Å². The molecule has 8 heteroatoms. The minimum absolute atomic E-state index is 0.249. The molecule has 0 radical (unpaired) electrons. The number of rotatable bonds is 3. The van der Waals surface area contributed by atoms with Gasteiger partial charge in [-0.1, -0.05) is 0 Å². The Kier molecular flexibility index (Phi) is 3.79. The third kappa shape index (κ3) is 3.11. The van der Waals surface area contributed by atoms with Crippen molar-refractivity contribution in [3.05, 3.63) is 58.0 Å².